The highest BCUT2D eigenvalue weighted by Gasteiger charge is 2.42. The van der Waals surface area contributed by atoms with E-state index in [1.54, 1.807) is 34.1 Å². The number of hydrogen-bond acceptors (Lipinski definition) is 10. The van der Waals surface area contributed by atoms with E-state index in [1.165, 1.54) is 19.1 Å². The van der Waals surface area contributed by atoms with Crippen molar-refractivity contribution in [2.75, 3.05) is 57.8 Å². The summed E-state index contributed by atoms with van der Waals surface area (Å²) in [4.78, 5) is 47.5. The fourth-order valence-electron chi connectivity index (χ4n) is 9.69. The number of unbranched alkanes of at least 4 members (excludes halogenated alkanes) is 2. The Kier molecular flexibility index (Phi) is 17.6. The number of hydrogen-bond donors (Lipinski definition) is 2. The molecule has 3 amide bonds. The van der Waals surface area contributed by atoms with E-state index in [0.717, 1.165) is 46.2 Å². The van der Waals surface area contributed by atoms with Crippen molar-refractivity contribution >= 4 is 45.9 Å². The summed E-state index contributed by atoms with van der Waals surface area (Å²) in [6.45, 7) is 27.5. The molecule has 410 valence electrons. The van der Waals surface area contributed by atoms with Gasteiger partial charge in [0.2, 0.25) is 0 Å². The number of anilines is 2. The number of carbonyl (C=O) groups is 3. The zero-order valence-corrected chi connectivity index (χ0v) is 49.4. The van der Waals surface area contributed by atoms with E-state index in [2.05, 4.69) is 79.9 Å². The lowest BCUT2D eigenvalue weighted by Crippen LogP contribution is -2.45. The molecule has 16 heteroatoms. The molecule has 4 aromatic carbocycles. The van der Waals surface area contributed by atoms with Crippen molar-refractivity contribution in [2.24, 2.45) is 0 Å². The van der Waals surface area contributed by atoms with Crippen LogP contribution in [0.3, 0.4) is 0 Å². The van der Waals surface area contributed by atoms with Crippen LogP contribution in [-0.4, -0.2) is 109 Å². The Balaban J connectivity index is 1.06. The van der Waals surface area contributed by atoms with Gasteiger partial charge in [0.25, 0.3) is 11.8 Å². The van der Waals surface area contributed by atoms with Crippen LogP contribution < -0.4 is 29.6 Å². The van der Waals surface area contributed by atoms with Gasteiger partial charge in [-0.3, -0.25) is 14.5 Å². The van der Waals surface area contributed by atoms with Crippen molar-refractivity contribution in [1.29, 1.82) is 0 Å². The van der Waals surface area contributed by atoms with Crippen LogP contribution in [0.4, 0.5) is 16.2 Å². The van der Waals surface area contributed by atoms with Crippen molar-refractivity contribution in [3.8, 4) is 34.1 Å². The molecule has 0 fully saturated rings. The van der Waals surface area contributed by atoms with Gasteiger partial charge in [-0.15, -0.1) is 0 Å². The molecule has 2 aliphatic heterocycles. The molecule has 3 N–H and O–H groups in total. The maximum Gasteiger partial charge on any atom is 0.411 e. The zero-order valence-electron chi connectivity index (χ0n) is 47.4. The smallest absolute Gasteiger partial charge is 0.411 e. The molecule has 2 unspecified atom stereocenters. The van der Waals surface area contributed by atoms with E-state index in [1.807, 2.05) is 62.6 Å². The molecule has 1 aliphatic carbocycles. The van der Waals surface area contributed by atoms with E-state index in [9.17, 15) is 14.7 Å². The standard InChI is InChI=1S/C60H82N4O10Si2/c1-39-28-41(37-73-75(11,12)59(3,4)5)62(34-39)56(65)47-30-52(69-9)54(32-50(47)61)71-26-20-15-21-27-72-55-33-51(64(58(67)68)36-49-45-24-18-16-22-43(45)44-23-17-19-25-46(44)49)48(31-53(55)70-10)57(66)63-35-40(2)29-42(63)38-74-76(13,14)60(6,7)8/h16-19,22-25,30-35,41-42,49H,15,20-21,26-29,36-38,61H2,1-14H3,(H,67,68). The SMILES string of the molecule is COc1cc(C(=O)N2C=C(C)CC2CO[Si](C)(C)C(C)(C)C)c(N)cc1OCCCCCOc1cc(N(CC2c3ccccc3-c3ccccc32)C(=O)O)c(C(=O)N2C=C(C)CC2CO[Si](C)(C)C(C)(C)C)cc1OC. The van der Waals surface area contributed by atoms with Crippen molar-refractivity contribution in [3.05, 3.63) is 119 Å². The van der Waals surface area contributed by atoms with Crippen LogP contribution in [0.5, 0.6) is 23.0 Å². The average molecular weight is 1080 g/mol. The average Bonchev–Trinajstić information content (AvgIpc) is 4.04. The Bertz CT molecular complexity index is 2800. The lowest BCUT2D eigenvalue weighted by Gasteiger charge is -2.38. The van der Waals surface area contributed by atoms with Gasteiger partial charge >= 0.3 is 6.09 Å². The number of nitrogen functional groups attached to an aromatic ring is 1. The highest BCUT2D eigenvalue weighted by atomic mass is 28.4. The normalized spacial score (nSPS) is 16.8. The van der Waals surface area contributed by atoms with Crippen molar-refractivity contribution in [3.63, 3.8) is 0 Å². The molecule has 0 saturated heterocycles. The first kappa shape index (κ1) is 57.6. The number of nitrogens with two attached hydrogens (primary N) is 1. The third-order valence-electron chi connectivity index (χ3n) is 16.2. The van der Waals surface area contributed by atoms with Gasteiger partial charge in [0.1, 0.15) is 0 Å². The van der Waals surface area contributed by atoms with E-state index < -0.39 is 22.7 Å². The second-order valence-electron chi connectivity index (χ2n) is 23.7. The largest absolute Gasteiger partial charge is 0.493 e. The van der Waals surface area contributed by atoms with Gasteiger partial charge in [-0.05, 0) is 117 Å². The number of carboxylic acid groups (broad SMARTS) is 1. The fraction of sp³-hybridized carbons (Fsp3) is 0.483. The molecule has 2 atom stereocenters. The lowest BCUT2D eigenvalue weighted by molar-refractivity contribution is 0.0731. The number of fused-ring (bicyclic) bond motifs is 3. The first-order chi connectivity index (χ1) is 35.8. The quantitative estimate of drug-likeness (QED) is 0.0464. The third-order valence-corrected chi connectivity index (χ3v) is 25.2. The van der Waals surface area contributed by atoms with E-state index in [4.69, 9.17) is 33.5 Å². The molecule has 3 aliphatic rings. The maximum absolute atomic E-state index is 15.1. The highest BCUT2D eigenvalue weighted by Crippen LogP contribution is 2.47. The topological polar surface area (TPSA) is 163 Å². The summed E-state index contributed by atoms with van der Waals surface area (Å²) in [6.07, 6.45) is 5.93. The van der Waals surface area contributed by atoms with Gasteiger partial charge in [-0.25, -0.2) is 4.79 Å². The number of carbonyl (C=O) groups excluding carboxylic acids is 2. The Morgan fingerprint density at radius 3 is 1.53 bits per heavy atom. The molecule has 0 radical (unpaired) electrons. The van der Waals surface area contributed by atoms with Crippen LogP contribution in [0.25, 0.3) is 11.1 Å². The lowest BCUT2D eigenvalue weighted by atomic mass is 9.95. The van der Waals surface area contributed by atoms with Gasteiger partial charge in [0, 0.05) is 42.7 Å². The molecule has 0 spiro atoms. The van der Waals surface area contributed by atoms with Crippen molar-refractivity contribution in [2.45, 2.75) is 142 Å². The van der Waals surface area contributed by atoms with E-state index in [0.29, 0.717) is 73.3 Å². The Labute approximate surface area is 453 Å². The Hall–Kier alpha value is -6.08. The predicted octanol–water partition coefficient (Wildman–Crippen LogP) is 13.5. The van der Waals surface area contributed by atoms with Gasteiger partial charge in [-0.1, -0.05) is 101 Å². The van der Waals surface area contributed by atoms with Gasteiger partial charge in [0.15, 0.2) is 39.6 Å². The van der Waals surface area contributed by atoms with Gasteiger partial charge in [0.05, 0.1) is 69.5 Å². The minimum Gasteiger partial charge on any atom is -0.493 e. The minimum absolute atomic E-state index is 0.0239. The van der Waals surface area contributed by atoms with Crippen LogP contribution in [-0.2, 0) is 8.85 Å². The molecule has 7 rings (SSSR count). The molecular formula is C60H82N4O10Si2. The number of benzene rings is 4. The Morgan fingerprint density at radius 1 is 0.645 bits per heavy atom. The molecule has 0 aromatic heterocycles. The second kappa shape index (κ2) is 23.3. The summed E-state index contributed by atoms with van der Waals surface area (Å²) in [5.41, 5.74) is 13.9. The first-order valence-electron chi connectivity index (χ1n) is 26.7. The number of nitrogens with zero attached hydrogens (tertiary/aromatic N) is 3. The number of amides is 3. The molecule has 2 heterocycles. The second-order valence-corrected chi connectivity index (χ2v) is 33.3. The molecule has 4 aromatic rings. The minimum atomic E-state index is -2.17. The monoisotopic (exact) mass is 1070 g/mol. The molecule has 14 nitrogen and oxygen atoms in total. The van der Waals surface area contributed by atoms with E-state index in [-0.39, 0.29) is 64.3 Å². The predicted molar refractivity (Wildman–Crippen MR) is 307 cm³/mol. The summed E-state index contributed by atoms with van der Waals surface area (Å²) < 4.78 is 37.5. The van der Waals surface area contributed by atoms with Gasteiger partial charge in [-0.2, -0.15) is 0 Å². The van der Waals surface area contributed by atoms with Crippen LogP contribution in [0, 0.1) is 0 Å². The zero-order chi connectivity index (χ0) is 55.5. The summed E-state index contributed by atoms with van der Waals surface area (Å²) in [6, 6.07) is 22.3. The molecule has 76 heavy (non-hydrogen) atoms. The highest BCUT2D eigenvalue weighted by molar-refractivity contribution is 6.74. The number of methoxy groups -OCH3 is 2. The first-order valence-corrected chi connectivity index (χ1v) is 32.5. The number of rotatable bonds is 21. The summed E-state index contributed by atoms with van der Waals surface area (Å²) in [5, 5.41) is 11.2. The van der Waals surface area contributed by atoms with Crippen LogP contribution >= 0.6 is 0 Å². The third kappa shape index (κ3) is 12.5. The summed E-state index contributed by atoms with van der Waals surface area (Å²) in [5.74, 6) is 0.605. The molecule has 0 bridgehead atoms. The number of ether oxygens (including phenoxy) is 4. The molecular weight excluding hydrogens is 993 g/mol. The van der Waals surface area contributed by atoms with E-state index >= 15 is 4.79 Å². The summed E-state index contributed by atoms with van der Waals surface area (Å²) in [7, 11) is -1.15. The Morgan fingerprint density at radius 2 is 1.08 bits per heavy atom. The van der Waals surface area contributed by atoms with Gasteiger partial charge < -0.3 is 48.4 Å². The molecule has 0 saturated carbocycles. The van der Waals surface area contributed by atoms with Crippen molar-refractivity contribution < 1.29 is 47.3 Å². The van der Waals surface area contributed by atoms with Crippen LogP contribution in [0.15, 0.2) is 96.3 Å². The van der Waals surface area contributed by atoms with Crippen LogP contribution in [0.1, 0.15) is 125 Å². The fourth-order valence-corrected chi connectivity index (χ4v) is 11.8. The summed E-state index contributed by atoms with van der Waals surface area (Å²) >= 11 is 0. The van der Waals surface area contributed by atoms with Crippen LogP contribution in [0.2, 0.25) is 36.3 Å². The maximum atomic E-state index is 15.1. The van der Waals surface area contributed by atoms with Crippen molar-refractivity contribution in [1.82, 2.24) is 9.80 Å².